The van der Waals surface area contributed by atoms with E-state index in [1.807, 2.05) is 43.3 Å². The Hall–Kier alpha value is -2.93. The van der Waals surface area contributed by atoms with Crippen LogP contribution in [-0.4, -0.2) is 29.1 Å². The number of hydrogen-bond donors (Lipinski definition) is 1. The molecule has 0 aliphatic carbocycles. The Labute approximate surface area is 173 Å². The quantitative estimate of drug-likeness (QED) is 0.676. The standard InChI is InChI=1S/C22H23N3O3S/c1-13(2)19(15-7-8-17-18(12-15)28-11-10-27-17)25-21(26)20-14(3)24-22(29-20)16-6-4-5-9-23-16/h4-9,12-13,19H,10-11H2,1-3H3,(H,25,26)/t19-/m0/s1. The number of carbonyl (C=O) groups is 1. The van der Waals surface area contributed by atoms with E-state index < -0.39 is 0 Å². The number of carbonyl (C=O) groups excluding carboxylic acids is 1. The van der Waals surface area contributed by atoms with Crippen LogP contribution in [0.2, 0.25) is 0 Å². The normalized spacial score (nSPS) is 13.9. The Morgan fingerprint density at radius 2 is 1.93 bits per heavy atom. The minimum atomic E-state index is -0.155. The number of nitrogens with one attached hydrogen (secondary N) is 1. The molecule has 6 nitrogen and oxygen atoms in total. The summed E-state index contributed by atoms with van der Waals surface area (Å²) in [5.74, 6) is 1.54. The Bertz CT molecular complexity index is 1020. The van der Waals surface area contributed by atoms with Gasteiger partial charge in [-0.25, -0.2) is 4.98 Å². The van der Waals surface area contributed by atoms with Crippen LogP contribution in [0.15, 0.2) is 42.6 Å². The highest BCUT2D eigenvalue weighted by Crippen LogP contribution is 2.35. The molecule has 0 radical (unpaired) electrons. The molecule has 150 valence electrons. The van der Waals surface area contributed by atoms with Crippen LogP contribution in [0.5, 0.6) is 11.5 Å². The van der Waals surface area contributed by atoms with E-state index >= 15 is 0 Å². The molecular formula is C22H23N3O3S. The molecule has 0 unspecified atom stereocenters. The molecule has 1 atom stereocenters. The van der Waals surface area contributed by atoms with Crippen LogP contribution in [0.1, 0.15) is 40.8 Å². The predicted molar refractivity (Wildman–Crippen MR) is 113 cm³/mol. The molecule has 2 aromatic heterocycles. The van der Waals surface area contributed by atoms with Gasteiger partial charge >= 0.3 is 0 Å². The van der Waals surface area contributed by atoms with Crippen LogP contribution in [0.4, 0.5) is 0 Å². The number of amides is 1. The van der Waals surface area contributed by atoms with E-state index in [9.17, 15) is 4.79 Å². The van der Waals surface area contributed by atoms with Crippen molar-refractivity contribution in [1.29, 1.82) is 0 Å². The second-order valence-electron chi connectivity index (χ2n) is 7.25. The average Bonchev–Trinajstić information content (AvgIpc) is 3.14. The van der Waals surface area contributed by atoms with Crippen molar-refractivity contribution in [3.63, 3.8) is 0 Å². The van der Waals surface area contributed by atoms with Crippen molar-refractivity contribution in [1.82, 2.24) is 15.3 Å². The first-order chi connectivity index (χ1) is 14.0. The summed E-state index contributed by atoms with van der Waals surface area (Å²) in [4.78, 5) is 22.5. The van der Waals surface area contributed by atoms with Crippen molar-refractivity contribution < 1.29 is 14.3 Å². The van der Waals surface area contributed by atoms with Crippen molar-refractivity contribution in [2.45, 2.75) is 26.8 Å². The lowest BCUT2D eigenvalue weighted by Gasteiger charge is -2.25. The number of hydrogen-bond acceptors (Lipinski definition) is 6. The monoisotopic (exact) mass is 409 g/mol. The summed E-state index contributed by atoms with van der Waals surface area (Å²) in [6, 6.07) is 11.4. The van der Waals surface area contributed by atoms with Gasteiger partial charge < -0.3 is 14.8 Å². The van der Waals surface area contributed by atoms with E-state index in [0.29, 0.717) is 23.8 Å². The zero-order valence-electron chi connectivity index (χ0n) is 16.6. The van der Waals surface area contributed by atoms with Gasteiger partial charge in [0, 0.05) is 6.20 Å². The van der Waals surface area contributed by atoms with Gasteiger partial charge in [0.2, 0.25) is 0 Å². The first kappa shape index (κ1) is 19.4. The number of thiazole rings is 1. The lowest BCUT2D eigenvalue weighted by atomic mass is 9.95. The first-order valence-corrected chi connectivity index (χ1v) is 10.4. The zero-order chi connectivity index (χ0) is 20.4. The fourth-order valence-corrected chi connectivity index (χ4v) is 4.25. The average molecular weight is 410 g/mol. The van der Waals surface area contributed by atoms with Crippen molar-refractivity contribution in [2.24, 2.45) is 5.92 Å². The lowest BCUT2D eigenvalue weighted by Crippen LogP contribution is -2.31. The van der Waals surface area contributed by atoms with Gasteiger partial charge in [0.15, 0.2) is 11.5 Å². The predicted octanol–water partition coefficient (Wildman–Crippen LogP) is 4.41. The third kappa shape index (κ3) is 4.10. The van der Waals surface area contributed by atoms with Crippen LogP contribution < -0.4 is 14.8 Å². The molecular weight excluding hydrogens is 386 g/mol. The molecule has 1 aromatic carbocycles. The van der Waals surface area contributed by atoms with E-state index in [2.05, 4.69) is 29.1 Å². The highest BCUT2D eigenvalue weighted by molar-refractivity contribution is 7.17. The number of pyridine rings is 1. The third-order valence-electron chi connectivity index (χ3n) is 4.77. The number of ether oxygens (including phenoxy) is 2. The van der Waals surface area contributed by atoms with Crippen molar-refractivity contribution in [3.8, 4) is 22.2 Å². The maximum Gasteiger partial charge on any atom is 0.263 e. The Morgan fingerprint density at radius 1 is 1.14 bits per heavy atom. The van der Waals surface area contributed by atoms with Gasteiger partial charge in [0.1, 0.15) is 23.1 Å². The number of rotatable bonds is 5. The van der Waals surface area contributed by atoms with Crippen molar-refractivity contribution in [3.05, 3.63) is 58.7 Å². The molecule has 1 N–H and O–H groups in total. The molecule has 3 heterocycles. The SMILES string of the molecule is Cc1nc(-c2ccccn2)sc1C(=O)N[C@H](c1ccc2c(c1)OCCO2)C(C)C. The smallest absolute Gasteiger partial charge is 0.263 e. The second-order valence-corrected chi connectivity index (χ2v) is 8.25. The minimum absolute atomic E-state index is 0.129. The van der Waals surface area contributed by atoms with Crippen LogP contribution in [0, 0.1) is 12.8 Å². The summed E-state index contributed by atoms with van der Waals surface area (Å²) < 4.78 is 11.3. The molecule has 3 aromatic rings. The van der Waals surface area contributed by atoms with Crippen LogP contribution in [-0.2, 0) is 0 Å². The largest absolute Gasteiger partial charge is 0.486 e. The Kier molecular flexibility index (Phi) is 5.49. The van der Waals surface area contributed by atoms with Crippen molar-refractivity contribution in [2.75, 3.05) is 13.2 Å². The maximum absolute atomic E-state index is 13.1. The number of fused-ring (bicyclic) bond motifs is 1. The summed E-state index contributed by atoms with van der Waals surface area (Å²) in [6.07, 6.45) is 1.72. The van der Waals surface area contributed by atoms with Gasteiger partial charge in [-0.3, -0.25) is 9.78 Å². The van der Waals surface area contributed by atoms with E-state index in [1.54, 1.807) is 6.20 Å². The first-order valence-electron chi connectivity index (χ1n) is 9.62. The molecule has 0 spiro atoms. The van der Waals surface area contributed by atoms with Gasteiger partial charge in [-0.15, -0.1) is 11.3 Å². The van der Waals surface area contributed by atoms with Crippen molar-refractivity contribution >= 4 is 17.2 Å². The third-order valence-corrected chi connectivity index (χ3v) is 5.94. The van der Waals surface area contributed by atoms with Crippen LogP contribution >= 0.6 is 11.3 Å². The van der Waals surface area contributed by atoms with Gasteiger partial charge in [-0.05, 0) is 42.7 Å². The number of nitrogens with zero attached hydrogens (tertiary/aromatic N) is 2. The molecule has 0 saturated carbocycles. The van der Waals surface area contributed by atoms with Crippen LogP contribution in [0.3, 0.4) is 0 Å². The van der Waals surface area contributed by atoms with Gasteiger partial charge in [-0.2, -0.15) is 0 Å². The summed E-state index contributed by atoms with van der Waals surface area (Å²) in [5, 5.41) is 3.92. The van der Waals surface area contributed by atoms with Gasteiger partial charge in [0.25, 0.3) is 5.91 Å². The van der Waals surface area contributed by atoms with Gasteiger partial charge in [-0.1, -0.05) is 26.0 Å². The molecule has 1 amide bonds. The number of aromatic nitrogens is 2. The van der Waals surface area contributed by atoms with Crippen LogP contribution in [0.25, 0.3) is 10.7 Å². The molecule has 0 saturated heterocycles. The fraction of sp³-hybridized carbons (Fsp3) is 0.318. The summed E-state index contributed by atoms with van der Waals surface area (Å²) >= 11 is 1.36. The van der Waals surface area contributed by atoms with E-state index in [4.69, 9.17) is 9.47 Å². The van der Waals surface area contributed by atoms with E-state index in [1.165, 1.54) is 11.3 Å². The Morgan fingerprint density at radius 3 is 2.66 bits per heavy atom. The topological polar surface area (TPSA) is 73.3 Å². The molecule has 1 aliphatic heterocycles. The van der Waals surface area contributed by atoms with E-state index in [-0.39, 0.29) is 17.9 Å². The molecule has 0 fully saturated rings. The molecule has 7 heteroatoms. The molecule has 0 bridgehead atoms. The summed E-state index contributed by atoms with van der Waals surface area (Å²) in [6.45, 7) is 7.11. The summed E-state index contributed by atoms with van der Waals surface area (Å²) in [7, 11) is 0. The second kappa shape index (κ2) is 8.21. The molecule has 4 rings (SSSR count). The Balaban J connectivity index is 1.58. The fourth-order valence-electron chi connectivity index (χ4n) is 3.30. The van der Waals surface area contributed by atoms with Gasteiger partial charge in [0.05, 0.1) is 17.4 Å². The lowest BCUT2D eigenvalue weighted by molar-refractivity contribution is 0.0928. The zero-order valence-corrected chi connectivity index (χ0v) is 17.5. The highest BCUT2D eigenvalue weighted by Gasteiger charge is 2.24. The minimum Gasteiger partial charge on any atom is -0.486 e. The number of benzene rings is 1. The maximum atomic E-state index is 13.1. The number of aryl methyl sites for hydroxylation is 1. The van der Waals surface area contributed by atoms with E-state index in [0.717, 1.165) is 27.8 Å². The summed E-state index contributed by atoms with van der Waals surface area (Å²) in [5.41, 5.74) is 2.47. The highest BCUT2D eigenvalue weighted by atomic mass is 32.1. The molecule has 1 aliphatic rings. The molecule has 29 heavy (non-hydrogen) atoms.